The summed E-state index contributed by atoms with van der Waals surface area (Å²) in [6.45, 7) is 2.68. The maximum absolute atomic E-state index is 12.7. The summed E-state index contributed by atoms with van der Waals surface area (Å²) in [7, 11) is -1.49. The molecular formula is C17H20N3O6P. The lowest BCUT2D eigenvalue weighted by Crippen LogP contribution is -2.54. The van der Waals surface area contributed by atoms with Crippen molar-refractivity contribution in [3.8, 4) is 0 Å². The summed E-state index contributed by atoms with van der Waals surface area (Å²) in [5.74, 6) is -2.13. The van der Waals surface area contributed by atoms with Crippen molar-refractivity contribution in [3.63, 3.8) is 0 Å². The Kier molecular flexibility index (Phi) is 5.84. The number of rotatable bonds is 7. The third kappa shape index (κ3) is 4.00. The fourth-order valence-electron chi connectivity index (χ4n) is 3.09. The molecule has 4 amide bonds. The predicted octanol–water partition coefficient (Wildman–Crippen LogP) is 0.840. The standard InChI is InChI=1S/C17H20N3O6P/c1-2-26-27(25)8-7-18-10-3-4-11-12(9-10)17(24)20(16(11)23)13-5-6-14(21)19-15(13)22/h3-4,9,13,18,25H,2,5-8H2,1H3,(H,19,21,22). The normalized spacial score (nSPS) is 20.5. The zero-order chi connectivity index (χ0) is 19.6. The molecule has 2 aliphatic rings. The Balaban J connectivity index is 1.71. The van der Waals surface area contributed by atoms with Gasteiger partial charge in [0.1, 0.15) is 6.04 Å². The molecular weight excluding hydrogens is 373 g/mol. The molecule has 1 fully saturated rings. The van der Waals surface area contributed by atoms with Crippen LogP contribution in [0.25, 0.3) is 0 Å². The van der Waals surface area contributed by atoms with Crippen molar-refractivity contribution in [3.05, 3.63) is 29.3 Å². The van der Waals surface area contributed by atoms with Crippen molar-refractivity contribution in [1.29, 1.82) is 0 Å². The lowest BCUT2D eigenvalue weighted by atomic mass is 10.0. The van der Waals surface area contributed by atoms with Crippen LogP contribution in [0.15, 0.2) is 18.2 Å². The second kappa shape index (κ2) is 8.12. The van der Waals surface area contributed by atoms with E-state index in [4.69, 9.17) is 4.52 Å². The summed E-state index contributed by atoms with van der Waals surface area (Å²) >= 11 is 0. The van der Waals surface area contributed by atoms with E-state index in [2.05, 4.69) is 10.6 Å². The lowest BCUT2D eigenvalue weighted by Gasteiger charge is -2.27. The Hall–Kier alpha value is -2.35. The van der Waals surface area contributed by atoms with Gasteiger partial charge in [0, 0.05) is 24.8 Å². The molecule has 0 saturated carbocycles. The van der Waals surface area contributed by atoms with Crippen LogP contribution in [0.2, 0.25) is 0 Å². The van der Waals surface area contributed by atoms with Crippen LogP contribution in [0.5, 0.6) is 0 Å². The lowest BCUT2D eigenvalue weighted by molar-refractivity contribution is -0.136. The van der Waals surface area contributed by atoms with Gasteiger partial charge in [-0.05, 0) is 31.5 Å². The number of nitrogens with one attached hydrogen (secondary N) is 2. The number of piperidine rings is 1. The number of benzene rings is 1. The van der Waals surface area contributed by atoms with Crippen LogP contribution in [0.4, 0.5) is 5.69 Å². The van der Waals surface area contributed by atoms with Crippen molar-refractivity contribution < 1.29 is 28.6 Å². The van der Waals surface area contributed by atoms with Crippen LogP contribution in [0.1, 0.15) is 40.5 Å². The molecule has 10 heteroatoms. The van der Waals surface area contributed by atoms with Gasteiger partial charge in [0.2, 0.25) is 11.8 Å². The summed E-state index contributed by atoms with van der Waals surface area (Å²) in [6, 6.07) is 3.78. The van der Waals surface area contributed by atoms with Gasteiger partial charge in [-0.2, -0.15) is 0 Å². The predicted molar refractivity (Wildman–Crippen MR) is 97.2 cm³/mol. The largest absolute Gasteiger partial charge is 0.384 e. The number of imide groups is 2. The highest BCUT2D eigenvalue weighted by Gasteiger charge is 2.44. The highest BCUT2D eigenvalue weighted by Crippen LogP contribution is 2.31. The quantitative estimate of drug-likeness (QED) is 0.463. The van der Waals surface area contributed by atoms with Gasteiger partial charge in [-0.15, -0.1) is 0 Å². The van der Waals surface area contributed by atoms with Crippen molar-refractivity contribution in [2.45, 2.75) is 25.8 Å². The first-order valence-corrected chi connectivity index (χ1v) is 10.0. The zero-order valence-electron chi connectivity index (χ0n) is 14.7. The minimum atomic E-state index is -1.49. The summed E-state index contributed by atoms with van der Waals surface area (Å²) in [5.41, 5.74) is 1.07. The minimum absolute atomic E-state index is 0.0839. The highest BCUT2D eigenvalue weighted by atomic mass is 31.2. The van der Waals surface area contributed by atoms with E-state index in [9.17, 15) is 24.1 Å². The highest BCUT2D eigenvalue weighted by molar-refractivity contribution is 7.46. The van der Waals surface area contributed by atoms with Gasteiger partial charge in [0.25, 0.3) is 11.8 Å². The van der Waals surface area contributed by atoms with E-state index >= 15 is 0 Å². The first-order valence-electron chi connectivity index (χ1n) is 8.61. The van der Waals surface area contributed by atoms with E-state index < -0.39 is 38.0 Å². The van der Waals surface area contributed by atoms with Crippen LogP contribution >= 0.6 is 8.38 Å². The average Bonchev–Trinajstić information content (AvgIpc) is 2.86. The Morgan fingerprint density at radius 2 is 2.00 bits per heavy atom. The summed E-state index contributed by atoms with van der Waals surface area (Å²) in [4.78, 5) is 59.2. The van der Waals surface area contributed by atoms with E-state index in [1.807, 2.05) is 0 Å². The molecule has 0 bridgehead atoms. The molecule has 9 nitrogen and oxygen atoms in total. The van der Waals surface area contributed by atoms with E-state index in [0.29, 0.717) is 25.0 Å². The molecule has 0 aromatic heterocycles. The second-order valence-electron chi connectivity index (χ2n) is 6.13. The van der Waals surface area contributed by atoms with Crippen molar-refractivity contribution in [2.24, 2.45) is 0 Å². The second-order valence-corrected chi connectivity index (χ2v) is 7.54. The van der Waals surface area contributed by atoms with E-state index in [1.165, 1.54) is 6.07 Å². The number of hydrogen-bond donors (Lipinski definition) is 3. The monoisotopic (exact) mass is 393 g/mol. The van der Waals surface area contributed by atoms with Crippen LogP contribution in [-0.2, 0) is 14.1 Å². The number of nitrogens with zero attached hydrogens (tertiary/aromatic N) is 1. The molecule has 2 unspecified atom stereocenters. The molecule has 2 atom stereocenters. The maximum Gasteiger partial charge on any atom is 0.262 e. The number of carbonyl (C=O) groups is 4. The molecule has 144 valence electrons. The Morgan fingerprint density at radius 1 is 1.26 bits per heavy atom. The number of amides is 4. The van der Waals surface area contributed by atoms with Crippen LogP contribution in [-0.4, -0.2) is 58.8 Å². The van der Waals surface area contributed by atoms with Gasteiger partial charge in [-0.3, -0.25) is 29.4 Å². The molecule has 27 heavy (non-hydrogen) atoms. The molecule has 1 saturated heterocycles. The zero-order valence-corrected chi connectivity index (χ0v) is 15.6. The fourth-order valence-corrected chi connectivity index (χ4v) is 3.82. The number of anilines is 1. The smallest absolute Gasteiger partial charge is 0.262 e. The van der Waals surface area contributed by atoms with Gasteiger partial charge < -0.3 is 14.7 Å². The average molecular weight is 393 g/mol. The number of hydrogen-bond acceptors (Lipinski definition) is 7. The summed E-state index contributed by atoms with van der Waals surface area (Å²) < 4.78 is 5.10. The molecule has 1 aromatic rings. The van der Waals surface area contributed by atoms with Crippen molar-refractivity contribution >= 4 is 37.7 Å². The van der Waals surface area contributed by atoms with Crippen LogP contribution < -0.4 is 10.6 Å². The first-order chi connectivity index (χ1) is 12.9. The third-order valence-corrected chi connectivity index (χ3v) is 5.51. The van der Waals surface area contributed by atoms with Gasteiger partial charge in [0.05, 0.1) is 17.7 Å². The maximum atomic E-state index is 12.7. The van der Waals surface area contributed by atoms with Gasteiger partial charge >= 0.3 is 0 Å². The molecule has 2 heterocycles. The van der Waals surface area contributed by atoms with E-state index in [-0.39, 0.29) is 24.0 Å². The van der Waals surface area contributed by atoms with Crippen LogP contribution in [0, 0.1) is 0 Å². The fraction of sp³-hybridized carbons (Fsp3) is 0.412. The first kappa shape index (κ1) is 19.4. The Bertz CT molecular complexity index is 799. The van der Waals surface area contributed by atoms with E-state index in [0.717, 1.165) is 4.90 Å². The van der Waals surface area contributed by atoms with E-state index in [1.54, 1.807) is 19.1 Å². The van der Waals surface area contributed by atoms with Crippen molar-refractivity contribution in [2.75, 3.05) is 24.6 Å². The Morgan fingerprint density at radius 3 is 2.70 bits per heavy atom. The summed E-state index contributed by atoms with van der Waals surface area (Å²) in [6.07, 6.45) is 0.634. The molecule has 3 rings (SSSR count). The number of fused-ring (bicyclic) bond motifs is 1. The molecule has 0 radical (unpaired) electrons. The molecule has 3 N–H and O–H groups in total. The van der Waals surface area contributed by atoms with Crippen LogP contribution in [0.3, 0.4) is 0 Å². The van der Waals surface area contributed by atoms with Gasteiger partial charge in [0.15, 0.2) is 8.38 Å². The molecule has 2 aliphatic heterocycles. The SMILES string of the molecule is CCOP(O)CCNc1ccc2c(c1)C(=O)N(C1CCC(=O)NC1=O)C2=O. The van der Waals surface area contributed by atoms with Gasteiger partial charge in [-0.1, -0.05) is 0 Å². The third-order valence-electron chi connectivity index (χ3n) is 4.35. The summed E-state index contributed by atoms with van der Waals surface area (Å²) in [5, 5.41) is 5.24. The Labute approximate surface area is 157 Å². The molecule has 1 aromatic carbocycles. The van der Waals surface area contributed by atoms with Crippen molar-refractivity contribution in [1.82, 2.24) is 10.2 Å². The topological polar surface area (TPSA) is 125 Å². The van der Waals surface area contributed by atoms with Gasteiger partial charge in [-0.25, -0.2) is 0 Å². The number of carbonyl (C=O) groups excluding carboxylic acids is 4. The minimum Gasteiger partial charge on any atom is -0.384 e. The molecule has 0 aliphatic carbocycles. The molecule has 0 spiro atoms.